The molecule has 2 aromatic rings. The van der Waals surface area contributed by atoms with Crippen LogP contribution in [-0.4, -0.2) is 29.5 Å². The van der Waals surface area contributed by atoms with E-state index in [4.69, 9.17) is 4.74 Å². The zero-order valence-corrected chi connectivity index (χ0v) is 16.8. The largest absolute Gasteiger partial charge is 0.497 e. The molecule has 138 valence electrons. The molecule has 1 N–H and O–H groups in total. The number of nitrogens with zero attached hydrogens (tertiary/aromatic N) is 1. The van der Waals surface area contributed by atoms with Gasteiger partial charge < -0.3 is 10.1 Å². The highest BCUT2D eigenvalue weighted by atomic mass is 32.2. The normalized spacial score (nSPS) is 15.4. The summed E-state index contributed by atoms with van der Waals surface area (Å²) in [6, 6.07) is 7.76. The number of carbonyl (C=O) groups is 2. The molecular weight excluding hydrogens is 368 g/mol. The summed E-state index contributed by atoms with van der Waals surface area (Å²) in [5.41, 5.74) is 0.758. The van der Waals surface area contributed by atoms with Gasteiger partial charge in [-0.25, -0.2) is 4.98 Å². The van der Waals surface area contributed by atoms with Crippen molar-refractivity contribution >= 4 is 39.9 Å². The predicted molar refractivity (Wildman–Crippen MR) is 106 cm³/mol. The molecule has 1 amide bonds. The Bertz CT molecular complexity index is 813. The monoisotopic (exact) mass is 390 g/mol. The number of methoxy groups -OCH3 is 1. The summed E-state index contributed by atoms with van der Waals surface area (Å²) in [6.07, 6.45) is 1.70. The Hall–Kier alpha value is -1.86. The minimum atomic E-state index is -0.0798. The highest BCUT2D eigenvalue weighted by molar-refractivity contribution is 7.99. The van der Waals surface area contributed by atoms with Gasteiger partial charge in [-0.1, -0.05) is 25.2 Å². The van der Waals surface area contributed by atoms with Gasteiger partial charge in [0.05, 0.1) is 17.7 Å². The molecule has 0 saturated heterocycles. The third kappa shape index (κ3) is 4.65. The van der Waals surface area contributed by atoms with Crippen LogP contribution in [0.15, 0.2) is 29.2 Å². The lowest BCUT2D eigenvalue weighted by molar-refractivity contribution is -0.115. The fraction of sp³-hybridized carbons (Fsp3) is 0.421. The Balaban J connectivity index is 1.51. The van der Waals surface area contributed by atoms with E-state index in [1.54, 1.807) is 18.9 Å². The van der Waals surface area contributed by atoms with Crippen molar-refractivity contribution in [3.8, 4) is 5.75 Å². The number of carbonyl (C=O) groups excluding carboxylic acids is 2. The van der Waals surface area contributed by atoms with Gasteiger partial charge in [-0.2, -0.15) is 0 Å². The number of rotatable bonds is 6. The van der Waals surface area contributed by atoms with Crippen molar-refractivity contribution in [1.29, 1.82) is 0 Å². The number of Topliss-reactive ketones (excluding diaryl/α,β-unsaturated/α-hetero) is 1. The van der Waals surface area contributed by atoms with E-state index in [0.29, 0.717) is 28.6 Å². The number of amides is 1. The standard InChI is InChI=1S/C19H22N2O3S2/c1-19(2)10-14-17(15(22)11-19)26-18(20-14)21-16(23)8-9-25-13-6-4-12(24-3)5-7-13/h4-7H,8-11H2,1-3H3,(H,20,21,23). The van der Waals surface area contributed by atoms with E-state index < -0.39 is 0 Å². The third-order valence-corrected chi connectivity index (χ3v) is 6.21. The van der Waals surface area contributed by atoms with Crippen LogP contribution in [0.1, 0.15) is 42.1 Å². The zero-order valence-electron chi connectivity index (χ0n) is 15.1. The van der Waals surface area contributed by atoms with E-state index in [1.165, 1.54) is 11.3 Å². The highest BCUT2D eigenvalue weighted by Crippen LogP contribution is 2.38. The van der Waals surface area contributed by atoms with Crippen molar-refractivity contribution in [2.75, 3.05) is 18.2 Å². The molecule has 3 rings (SSSR count). The van der Waals surface area contributed by atoms with Crippen molar-refractivity contribution < 1.29 is 14.3 Å². The SMILES string of the molecule is COc1ccc(SCCC(=O)Nc2nc3c(s2)C(=O)CC(C)(C)C3)cc1. The first kappa shape index (κ1) is 18.9. The topological polar surface area (TPSA) is 68.3 Å². The molecule has 1 aromatic carbocycles. The lowest BCUT2D eigenvalue weighted by atomic mass is 9.78. The fourth-order valence-electron chi connectivity index (χ4n) is 2.89. The number of hydrogen-bond acceptors (Lipinski definition) is 6. The summed E-state index contributed by atoms with van der Waals surface area (Å²) in [6.45, 7) is 4.14. The van der Waals surface area contributed by atoms with Gasteiger partial charge in [-0.15, -0.1) is 11.8 Å². The van der Waals surface area contributed by atoms with E-state index >= 15 is 0 Å². The number of nitrogens with one attached hydrogen (secondary N) is 1. The van der Waals surface area contributed by atoms with Crippen LogP contribution in [0.5, 0.6) is 5.75 Å². The van der Waals surface area contributed by atoms with Crippen LogP contribution in [0, 0.1) is 5.41 Å². The van der Waals surface area contributed by atoms with Crippen molar-refractivity contribution in [2.24, 2.45) is 5.41 Å². The smallest absolute Gasteiger partial charge is 0.226 e. The summed E-state index contributed by atoms with van der Waals surface area (Å²) >= 11 is 2.91. The number of thioether (sulfide) groups is 1. The Labute approximate surface area is 161 Å². The molecule has 0 atom stereocenters. The van der Waals surface area contributed by atoms with E-state index in [1.807, 2.05) is 24.3 Å². The molecule has 1 aliphatic carbocycles. The lowest BCUT2D eigenvalue weighted by Crippen LogP contribution is -2.26. The number of anilines is 1. The molecule has 1 heterocycles. The Morgan fingerprint density at radius 1 is 1.31 bits per heavy atom. The molecule has 5 nitrogen and oxygen atoms in total. The average Bonchev–Trinajstić information content (AvgIpc) is 2.96. The van der Waals surface area contributed by atoms with Crippen molar-refractivity contribution in [1.82, 2.24) is 4.98 Å². The van der Waals surface area contributed by atoms with Crippen LogP contribution in [0.4, 0.5) is 5.13 Å². The maximum absolute atomic E-state index is 12.2. The molecule has 0 saturated carbocycles. The summed E-state index contributed by atoms with van der Waals surface area (Å²) in [7, 11) is 1.64. The van der Waals surface area contributed by atoms with Crippen molar-refractivity contribution in [3.63, 3.8) is 0 Å². The number of hydrogen-bond donors (Lipinski definition) is 1. The third-order valence-electron chi connectivity index (χ3n) is 4.14. The number of ether oxygens (including phenoxy) is 1. The van der Waals surface area contributed by atoms with Gasteiger partial charge in [-0.05, 0) is 36.1 Å². The first-order chi connectivity index (χ1) is 12.4. The highest BCUT2D eigenvalue weighted by Gasteiger charge is 2.34. The molecule has 0 bridgehead atoms. The number of thiazole rings is 1. The molecule has 1 aliphatic rings. The zero-order chi connectivity index (χ0) is 18.7. The molecule has 1 aromatic heterocycles. The molecule has 0 spiro atoms. The van der Waals surface area contributed by atoms with Crippen LogP contribution in [0.25, 0.3) is 0 Å². The summed E-state index contributed by atoms with van der Waals surface area (Å²) in [4.78, 5) is 30.6. The molecule has 0 fully saturated rings. The van der Waals surface area contributed by atoms with Crippen LogP contribution < -0.4 is 10.1 Å². The molecule has 0 radical (unpaired) electrons. The van der Waals surface area contributed by atoms with Gasteiger partial charge in [0.2, 0.25) is 5.91 Å². The van der Waals surface area contributed by atoms with Crippen LogP contribution in [-0.2, 0) is 11.2 Å². The summed E-state index contributed by atoms with van der Waals surface area (Å²) in [5, 5.41) is 3.36. The summed E-state index contributed by atoms with van der Waals surface area (Å²) in [5.74, 6) is 1.54. The van der Waals surface area contributed by atoms with E-state index in [-0.39, 0.29) is 17.1 Å². The average molecular weight is 391 g/mol. The maximum Gasteiger partial charge on any atom is 0.226 e. The molecule has 0 unspecified atom stereocenters. The molecule has 0 aliphatic heterocycles. The minimum absolute atomic E-state index is 0.0611. The number of aromatic nitrogens is 1. The second-order valence-electron chi connectivity index (χ2n) is 7.06. The Morgan fingerprint density at radius 3 is 2.73 bits per heavy atom. The van der Waals surface area contributed by atoms with Gasteiger partial charge in [0, 0.05) is 23.5 Å². The first-order valence-electron chi connectivity index (χ1n) is 8.46. The maximum atomic E-state index is 12.2. The predicted octanol–water partition coefficient (Wildman–Crippen LogP) is 4.43. The Morgan fingerprint density at radius 2 is 2.04 bits per heavy atom. The number of ketones is 1. The Kier molecular flexibility index (Phi) is 5.67. The first-order valence-corrected chi connectivity index (χ1v) is 10.3. The second kappa shape index (κ2) is 7.80. The van der Waals surface area contributed by atoms with Gasteiger partial charge in [0.15, 0.2) is 10.9 Å². The quantitative estimate of drug-likeness (QED) is 0.739. The molecule has 26 heavy (non-hydrogen) atoms. The van der Waals surface area contributed by atoms with Crippen LogP contribution in [0.3, 0.4) is 0 Å². The minimum Gasteiger partial charge on any atom is -0.497 e. The van der Waals surface area contributed by atoms with Crippen molar-refractivity contribution in [3.05, 3.63) is 34.8 Å². The van der Waals surface area contributed by atoms with E-state index in [9.17, 15) is 9.59 Å². The van der Waals surface area contributed by atoms with E-state index in [0.717, 1.165) is 22.8 Å². The van der Waals surface area contributed by atoms with Gasteiger partial charge in [-0.3, -0.25) is 9.59 Å². The van der Waals surface area contributed by atoms with Crippen LogP contribution in [0.2, 0.25) is 0 Å². The fourth-order valence-corrected chi connectivity index (χ4v) is 4.68. The lowest BCUT2D eigenvalue weighted by Gasteiger charge is -2.26. The van der Waals surface area contributed by atoms with Gasteiger partial charge in [0.25, 0.3) is 0 Å². The number of benzene rings is 1. The van der Waals surface area contributed by atoms with Crippen LogP contribution >= 0.6 is 23.1 Å². The van der Waals surface area contributed by atoms with Gasteiger partial charge in [0.1, 0.15) is 5.75 Å². The van der Waals surface area contributed by atoms with Crippen molar-refractivity contribution in [2.45, 2.75) is 38.0 Å². The second-order valence-corrected chi connectivity index (χ2v) is 9.23. The van der Waals surface area contributed by atoms with Gasteiger partial charge >= 0.3 is 0 Å². The molecular formula is C19H22N2O3S2. The number of fused-ring (bicyclic) bond motifs is 1. The molecule has 7 heteroatoms. The summed E-state index contributed by atoms with van der Waals surface area (Å²) < 4.78 is 5.13. The van der Waals surface area contributed by atoms with E-state index in [2.05, 4.69) is 24.1 Å².